The van der Waals surface area contributed by atoms with Crippen LogP contribution in [0.25, 0.3) is 10.9 Å². The molecule has 4 aromatic rings. The SMILES string of the molecule is COc1ccccc1Oc1ncnc(Oc2cccc3cccnc23)c1N. The molecule has 7 heteroatoms. The van der Waals surface area contributed by atoms with Crippen LogP contribution in [0.3, 0.4) is 0 Å². The summed E-state index contributed by atoms with van der Waals surface area (Å²) in [6, 6.07) is 16.7. The highest BCUT2D eigenvalue weighted by molar-refractivity contribution is 5.84. The molecule has 0 aliphatic rings. The number of aromatic nitrogens is 3. The molecule has 2 N–H and O–H groups in total. The van der Waals surface area contributed by atoms with Crippen LogP contribution in [-0.4, -0.2) is 22.1 Å². The number of fused-ring (bicyclic) bond motifs is 1. The third kappa shape index (κ3) is 3.30. The molecular formula is C20H16N4O3. The Morgan fingerprint density at radius 3 is 2.19 bits per heavy atom. The molecule has 134 valence electrons. The average molecular weight is 360 g/mol. The number of hydrogen-bond donors (Lipinski definition) is 1. The third-order valence-corrected chi connectivity index (χ3v) is 3.89. The second kappa shape index (κ2) is 7.17. The normalized spacial score (nSPS) is 10.6. The van der Waals surface area contributed by atoms with Gasteiger partial charge in [-0.3, -0.25) is 4.98 Å². The van der Waals surface area contributed by atoms with Gasteiger partial charge in [0, 0.05) is 11.6 Å². The van der Waals surface area contributed by atoms with Crippen LogP contribution in [0.2, 0.25) is 0 Å². The summed E-state index contributed by atoms with van der Waals surface area (Å²) in [5.74, 6) is 1.96. The van der Waals surface area contributed by atoms with Gasteiger partial charge in [-0.25, -0.2) is 0 Å². The van der Waals surface area contributed by atoms with Gasteiger partial charge in [-0.1, -0.05) is 30.3 Å². The van der Waals surface area contributed by atoms with E-state index in [-0.39, 0.29) is 17.4 Å². The Bertz CT molecular complexity index is 1100. The number of rotatable bonds is 5. The molecule has 0 radical (unpaired) electrons. The number of nitrogens with two attached hydrogens (primary N) is 1. The highest BCUT2D eigenvalue weighted by Crippen LogP contribution is 2.37. The smallest absolute Gasteiger partial charge is 0.250 e. The number of hydrogen-bond acceptors (Lipinski definition) is 7. The summed E-state index contributed by atoms with van der Waals surface area (Å²) in [7, 11) is 1.56. The molecular weight excluding hydrogens is 344 g/mol. The zero-order chi connectivity index (χ0) is 18.6. The first-order chi connectivity index (χ1) is 13.3. The quantitative estimate of drug-likeness (QED) is 0.570. The lowest BCUT2D eigenvalue weighted by Crippen LogP contribution is -2.01. The van der Waals surface area contributed by atoms with Crippen LogP contribution in [-0.2, 0) is 0 Å². The highest BCUT2D eigenvalue weighted by atomic mass is 16.5. The van der Waals surface area contributed by atoms with E-state index in [4.69, 9.17) is 19.9 Å². The molecule has 0 bridgehead atoms. The molecule has 2 aromatic carbocycles. The molecule has 0 saturated heterocycles. The summed E-state index contributed by atoms with van der Waals surface area (Å²) in [5.41, 5.74) is 7.07. The van der Waals surface area contributed by atoms with Crippen LogP contribution in [0.5, 0.6) is 29.0 Å². The van der Waals surface area contributed by atoms with E-state index in [1.54, 1.807) is 31.5 Å². The molecule has 7 nitrogen and oxygen atoms in total. The molecule has 0 fully saturated rings. The first kappa shape index (κ1) is 16.6. The Morgan fingerprint density at radius 1 is 0.741 bits per heavy atom. The molecule has 0 amide bonds. The van der Waals surface area contributed by atoms with Crippen molar-refractivity contribution in [2.45, 2.75) is 0 Å². The van der Waals surface area contributed by atoms with Gasteiger partial charge in [0.25, 0.3) is 0 Å². The lowest BCUT2D eigenvalue weighted by molar-refractivity contribution is 0.373. The van der Waals surface area contributed by atoms with Gasteiger partial charge in [0.1, 0.15) is 11.8 Å². The van der Waals surface area contributed by atoms with Gasteiger partial charge >= 0.3 is 0 Å². The molecule has 0 aliphatic carbocycles. The number of methoxy groups -OCH3 is 1. The fourth-order valence-electron chi connectivity index (χ4n) is 2.60. The van der Waals surface area contributed by atoms with E-state index < -0.39 is 0 Å². The van der Waals surface area contributed by atoms with Crippen molar-refractivity contribution in [1.82, 2.24) is 15.0 Å². The van der Waals surface area contributed by atoms with E-state index in [0.717, 1.165) is 5.39 Å². The first-order valence-electron chi connectivity index (χ1n) is 8.19. The zero-order valence-electron chi connectivity index (χ0n) is 14.5. The van der Waals surface area contributed by atoms with E-state index >= 15 is 0 Å². The Balaban J connectivity index is 1.68. The molecule has 27 heavy (non-hydrogen) atoms. The Morgan fingerprint density at radius 2 is 1.41 bits per heavy atom. The van der Waals surface area contributed by atoms with Crippen LogP contribution in [0.15, 0.2) is 67.1 Å². The maximum Gasteiger partial charge on any atom is 0.250 e. The molecule has 0 aliphatic heterocycles. The predicted octanol–water partition coefficient (Wildman–Crippen LogP) is 4.20. The van der Waals surface area contributed by atoms with Gasteiger partial charge in [0.15, 0.2) is 22.9 Å². The average Bonchev–Trinajstić information content (AvgIpc) is 2.71. The van der Waals surface area contributed by atoms with Crippen molar-refractivity contribution in [2.75, 3.05) is 12.8 Å². The third-order valence-electron chi connectivity index (χ3n) is 3.89. The minimum Gasteiger partial charge on any atom is -0.493 e. The van der Waals surface area contributed by atoms with Crippen molar-refractivity contribution in [3.8, 4) is 29.0 Å². The van der Waals surface area contributed by atoms with Gasteiger partial charge in [0.2, 0.25) is 11.8 Å². The summed E-state index contributed by atoms with van der Waals surface area (Å²) >= 11 is 0. The van der Waals surface area contributed by atoms with Crippen LogP contribution < -0.4 is 19.9 Å². The molecule has 4 rings (SSSR count). The van der Waals surface area contributed by atoms with E-state index in [2.05, 4.69) is 15.0 Å². The minimum atomic E-state index is 0.177. The maximum absolute atomic E-state index is 6.18. The second-order valence-corrected chi connectivity index (χ2v) is 5.58. The number of nitrogens with zero attached hydrogens (tertiary/aromatic N) is 3. The molecule has 2 heterocycles. The zero-order valence-corrected chi connectivity index (χ0v) is 14.5. The van der Waals surface area contributed by atoms with Crippen LogP contribution >= 0.6 is 0 Å². The van der Waals surface area contributed by atoms with E-state index in [1.807, 2.05) is 36.4 Å². The Kier molecular flexibility index (Phi) is 4.40. The predicted molar refractivity (Wildman–Crippen MR) is 101 cm³/mol. The number of benzene rings is 2. The fourth-order valence-corrected chi connectivity index (χ4v) is 2.60. The van der Waals surface area contributed by atoms with Gasteiger partial charge < -0.3 is 19.9 Å². The van der Waals surface area contributed by atoms with Crippen LogP contribution in [0, 0.1) is 0 Å². The monoisotopic (exact) mass is 360 g/mol. The van der Waals surface area contributed by atoms with Gasteiger partial charge in [-0.15, -0.1) is 0 Å². The molecule has 0 saturated carbocycles. The molecule has 0 unspecified atom stereocenters. The summed E-state index contributed by atoms with van der Waals surface area (Å²) in [6.45, 7) is 0. The van der Waals surface area contributed by atoms with Crippen molar-refractivity contribution in [3.63, 3.8) is 0 Å². The molecule has 2 aromatic heterocycles. The summed E-state index contributed by atoms with van der Waals surface area (Å²) < 4.78 is 17.0. The summed E-state index contributed by atoms with van der Waals surface area (Å²) in [4.78, 5) is 12.6. The van der Waals surface area contributed by atoms with E-state index in [9.17, 15) is 0 Å². The van der Waals surface area contributed by atoms with Crippen molar-refractivity contribution in [3.05, 3.63) is 67.1 Å². The summed E-state index contributed by atoms with van der Waals surface area (Å²) in [6.07, 6.45) is 3.03. The fraction of sp³-hybridized carbons (Fsp3) is 0.0500. The molecule has 0 spiro atoms. The number of anilines is 1. The van der Waals surface area contributed by atoms with Crippen molar-refractivity contribution in [2.24, 2.45) is 0 Å². The van der Waals surface area contributed by atoms with Crippen molar-refractivity contribution >= 4 is 16.6 Å². The number of para-hydroxylation sites is 3. The van der Waals surface area contributed by atoms with Gasteiger partial charge in [0.05, 0.1) is 7.11 Å². The highest BCUT2D eigenvalue weighted by Gasteiger charge is 2.15. The van der Waals surface area contributed by atoms with E-state index in [0.29, 0.717) is 22.8 Å². The minimum absolute atomic E-state index is 0.177. The lowest BCUT2D eigenvalue weighted by atomic mass is 10.2. The largest absolute Gasteiger partial charge is 0.493 e. The second-order valence-electron chi connectivity index (χ2n) is 5.58. The maximum atomic E-state index is 6.18. The first-order valence-corrected chi connectivity index (χ1v) is 8.19. The standard InChI is InChI=1S/C20H16N4O3/c1-25-14-8-2-3-9-15(14)26-19-17(21)20(24-12-23-19)27-16-10-4-6-13-7-5-11-22-18(13)16/h2-12H,21H2,1H3. The van der Waals surface area contributed by atoms with E-state index in [1.165, 1.54) is 6.33 Å². The number of nitrogen functional groups attached to an aromatic ring is 1. The number of ether oxygens (including phenoxy) is 3. The van der Waals surface area contributed by atoms with Crippen LogP contribution in [0.1, 0.15) is 0 Å². The van der Waals surface area contributed by atoms with Gasteiger partial charge in [-0.05, 0) is 24.3 Å². The lowest BCUT2D eigenvalue weighted by Gasteiger charge is -2.13. The molecule has 0 atom stereocenters. The van der Waals surface area contributed by atoms with Crippen molar-refractivity contribution in [1.29, 1.82) is 0 Å². The van der Waals surface area contributed by atoms with Crippen LogP contribution in [0.4, 0.5) is 5.69 Å². The van der Waals surface area contributed by atoms with Gasteiger partial charge in [-0.2, -0.15) is 9.97 Å². The Labute approximate surface area is 155 Å². The number of pyridine rings is 1. The Hall–Kier alpha value is -3.87. The summed E-state index contributed by atoms with van der Waals surface area (Å²) in [5, 5.41) is 0.952. The topological polar surface area (TPSA) is 92.4 Å². The van der Waals surface area contributed by atoms with Crippen molar-refractivity contribution < 1.29 is 14.2 Å².